The third-order valence-electron chi connectivity index (χ3n) is 3.57. The monoisotopic (exact) mass is 256 g/mol. The summed E-state index contributed by atoms with van der Waals surface area (Å²) in [5.41, 5.74) is 1.25. The molecule has 0 aromatic heterocycles. The number of fused-ring (bicyclic) bond motifs is 1. The van der Waals surface area contributed by atoms with Crippen LogP contribution in [0.5, 0.6) is 5.75 Å². The Bertz CT molecular complexity index is 587. The molecule has 0 radical (unpaired) electrons. The van der Waals surface area contributed by atoms with E-state index in [1.54, 1.807) is 14.0 Å². The Kier molecular flexibility index (Phi) is 4.20. The number of ketones is 1. The predicted octanol–water partition coefficient (Wildman–Crippen LogP) is 4.32. The lowest BCUT2D eigenvalue weighted by atomic mass is 9.90. The van der Waals surface area contributed by atoms with Crippen molar-refractivity contribution in [1.82, 2.24) is 0 Å². The number of benzene rings is 2. The van der Waals surface area contributed by atoms with Crippen molar-refractivity contribution in [3.63, 3.8) is 0 Å². The van der Waals surface area contributed by atoms with Crippen LogP contribution in [-0.4, -0.2) is 12.9 Å². The van der Waals surface area contributed by atoms with Crippen LogP contribution in [-0.2, 0) is 4.79 Å². The number of methoxy groups -OCH3 is 1. The van der Waals surface area contributed by atoms with E-state index in [1.807, 2.05) is 12.1 Å². The van der Waals surface area contributed by atoms with Gasteiger partial charge in [-0.05, 0) is 47.7 Å². The van der Waals surface area contributed by atoms with Crippen molar-refractivity contribution in [2.75, 3.05) is 7.11 Å². The lowest BCUT2D eigenvalue weighted by molar-refractivity contribution is -0.117. The van der Waals surface area contributed by atoms with Crippen LogP contribution >= 0.6 is 0 Å². The molecule has 0 N–H and O–H groups in total. The summed E-state index contributed by atoms with van der Waals surface area (Å²) in [6, 6.07) is 12.5. The summed E-state index contributed by atoms with van der Waals surface area (Å²) >= 11 is 0. The molecule has 2 heteroatoms. The van der Waals surface area contributed by atoms with Gasteiger partial charge in [0.05, 0.1) is 7.11 Å². The molecule has 1 atom stereocenters. The Morgan fingerprint density at radius 3 is 2.47 bits per heavy atom. The number of rotatable bonds is 5. The number of hydrogen-bond donors (Lipinski definition) is 0. The van der Waals surface area contributed by atoms with E-state index in [4.69, 9.17) is 4.74 Å². The van der Waals surface area contributed by atoms with Crippen molar-refractivity contribution < 1.29 is 9.53 Å². The lowest BCUT2D eigenvalue weighted by Crippen LogP contribution is -2.03. The van der Waals surface area contributed by atoms with Gasteiger partial charge in [-0.25, -0.2) is 0 Å². The zero-order chi connectivity index (χ0) is 13.8. The van der Waals surface area contributed by atoms with Crippen molar-refractivity contribution in [3.8, 4) is 5.75 Å². The van der Waals surface area contributed by atoms with E-state index in [2.05, 4.69) is 31.2 Å². The summed E-state index contributed by atoms with van der Waals surface area (Å²) in [7, 11) is 1.68. The average Bonchev–Trinajstić information content (AvgIpc) is 2.43. The fourth-order valence-electron chi connectivity index (χ4n) is 2.47. The SMILES string of the molecule is CC[C@H](CC(C)=O)c1ccc2cc(OC)ccc2c1. The van der Waals surface area contributed by atoms with E-state index in [-0.39, 0.29) is 5.78 Å². The highest BCUT2D eigenvalue weighted by Crippen LogP contribution is 2.28. The molecule has 0 bridgehead atoms. The fourth-order valence-corrected chi connectivity index (χ4v) is 2.47. The highest BCUT2D eigenvalue weighted by atomic mass is 16.5. The number of carbonyl (C=O) groups is 1. The smallest absolute Gasteiger partial charge is 0.130 e. The average molecular weight is 256 g/mol. The highest BCUT2D eigenvalue weighted by molar-refractivity contribution is 5.85. The van der Waals surface area contributed by atoms with Gasteiger partial charge in [0, 0.05) is 6.42 Å². The van der Waals surface area contributed by atoms with Crippen LogP contribution < -0.4 is 4.74 Å². The maximum absolute atomic E-state index is 11.3. The first-order valence-electron chi connectivity index (χ1n) is 6.71. The first-order chi connectivity index (χ1) is 9.13. The number of hydrogen-bond acceptors (Lipinski definition) is 2. The summed E-state index contributed by atoms with van der Waals surface area (Å²) < 4.78 is 5.23. The lowest BCUT2D eigenvalue weighted by Gasteiger charge is -2.14. The first kappa shape index (κ1) is 13.6. The Balaban J connectivity index is 2.37. The quantitative estimate of drug-likeness (QED) is 0.796. The molecule has 2 rings (SSSR count). The van der Waals surface area contributed by atoms with E-state index in [0.717, 1.165) is 12.2 Å². The number of Topliss-reactive ketones (excluding diaryl/α,β-unsaturated/α-hetero) is 1. The highest BCUT2D eigenvalue weighted by Gasteiger charge is 2.12. The number of ether oxygens (including phenoxy) is 1. The fraction of sp³-hybridized carbons (Fsp3) is 0.353. The van der Waals surface area contributed by atoms with Gasteiger partial charge in [-0.2, -0.15) is 0 Å². The van der Waals surface area contributed by atoms with Gasteiger partial charge in [-0.15, -0.1) is 0 Å². The molecular weight excluding hydrogens is 236 g/mol. The summed E-state index contributed by atoms with van der Waals surface area (Å²) in [4.78, 5) is 11.3. The molecule has 0 unspecified atom stereocenters. The maximum atomic E-state index is 11.3. The molecule has 0 saturated heterocycles. The van der Waals surface area contributed by atoms with Gasteiger partial charge < -0.3 is 9.53 Å². The van der Waals surface area contributed by atoms with Crippen LogP contribution in [0.15, 0.2) is 36.4 Å². The molecule has 0 aliphatic rings. The zero-order valence-corrected chi connectivity index (χ0v) is 11.8. The second-order valence-electron chi connectivity index (χ2n) is 4.98. The van der Waals surface area contributed by atoms with Crippen LogP contribution in [0.25, 0.3) is 10.8 Å². The zero-order valence-electron chi connectivity index (χ0n) is 11.8. The third kappa shape index (κ3) is 3.14. The van der Waals surface area contributed by atoms with Crippen LogP contribution in [0, 0.1) is 0 Å². The van der Waals surface area contributed by atoms with E-state index >= 15 is 0 Å². The van der Waals surface area contributed by atoms with Gasteiger partial charge in [-0.3, -0.25) is 0 Å². The van der Waals surface area contributed by atoms with Gasteiger partial charge in [0.1, 0.15) is 11.5 Å². The predicted molar refractivity (Wildman–Crippen MR) is 78.8 cm³/mol. The van der Waals surface area contributed by atoms with Crippen molar-refractivity contribution >= 4 is 16.6 Å². The van der Waals surface area contributed by atoms with Gasteiger partial charge in [0.2, 0.25) is 0 Å². The Labute approximate surface area is 114 Å². The Morgan fingerprint density at radius 1 is 1.16 bits per heavy atom. The van der Waals surface area contributed by atoms with E-state index < -0.39 is 0 Å². The molecule has 0 fully saturated rings. The molecular formula is C17H20O2. The molecule has 0 heterocycles. The molecule has 0 saturated carbocycles. The summed E-state index contributed by atoms with van der Waals surface area (Å²) in [5.74, 6) is 1.45. The molecule has 2 aromatic rings. The maximum Gasteiger partial charge on any atom is 0.130 e. The van der Waals surface area contributed by atoms with Crippen LogP contribution in [0.4, 0.5) is 0 Å². The normalized spacial score (nSPS) is 12.4. The summed E-state index contributed by atoms with van der Waals surface area (Å²) in [6.07, 6.45) is 1.61. The molecule has 0 spiro atoms. The molecule has 100 valence electrons. The van der Waals surface area contributed by atoms with Gasteiger partial charge in [0.15, 0.2) is 0 Å². The largest absolute Gasteiger partial charge is 0.497 e. The summed E-state index contributed by atoms with van der Waals surface area (Å²) in [6.45, 7) is 3.79. The minimum Gasteiger partial charge on any atom is -0.497 e. The number of carbonyl (C=O) groups excluding carboxylic acids is 1. The first-order valence-corrected chi connectivity index (χ1v) is 6.71. The summed E-state index contributed by atoms with van der Waals surface area (Å²) in [5, 5.41) is 2.36. The topological polar surface area (TPSA) is 26.3 Å². The Morgan fingerprint density at radius 2 is 1.84 bits per heavy atom. The van der Waals surface area contributed by atoms with Crippen LogP contribution in [0.3, 0.4) is 0 Å². The molecule has 2 nitrogen and oxygen atoms in total. The van der Waals surface area contributed by atoms with Crippen molar-refractivity contribution in [1.29, 1.82) is 0 Å². The molecule has 2 aromatic carbocycles. The van der Waals surface area contributed by atoms with Crippen LogP contribution in [0.2, 0.25) is 0 Å². The molecule has 0 aliphatic carbocycles. The molecule has 0 amide bonds. The van der Waals surface area contributed by atoms with E-state index in [9.17, 15) is 4.79 Å². The van der Waals surface area contributed by atoms with Crippen LogP contribution in [0.1, 0.15) is 38.2 Å². The second-order valence-corrected chi connectivity index (χ2v) is 4.98. The van der Waals surface area contributed by atoms with Gasteiger partial charge in [-0.1, -0.05) is 31.2 Å². The molecule has 0 aliphatic heterocycles. The van der Waals surface area contributed by atoms with Crippen molar-refractivity contribution in [2.24, 2.45) is 0 Å². The van der Waals surface area contributed by atoms with Gasteiger partial charge >= 0.3 is 0 Å². The van der Waals surface area contributed by atoms with E-state index in [0.29, 0.717) is 12.3 Å². The van der Waals surface area contributed by atoms with Crippen molar-refractivity contribution in [3.05, 3.63) is 42.0 Å². The second kappa shape index (κ2) is 5.87. The third-order valence-corrected chi connectivity index (χ3v) is 3.57. The minimum absolute atomic E-state index is 0.252. The minimum atomic E-state index is 0.252. The standard InChI is InChI=1S/C17H20O2/c1-4-13(9-12(2)18)14-5-6-16-11-17(19-3)8-7-15(16)10-14/h5-8,10-11,13H,4,9H2,1-3H3/t13-/m1/s1. The molecule has 19 heavy (non-hydrogen) atoms. The van der Waals surface area contributed by atoms with Crippen molar-refractivity contribution in [2.45, 2.75) is 32.6 Å². The van der Waals surface area contributed by atoms with Gasteiger partial charge in [0.25, 0.3) is 0 Å². The van der Waals surface area contributed by atoms with E-state index in [1.165, 1.54) is 16.3 Å². The Hall–Kier alpha value is -1.83.